The molecule has 0 spiro atoms. The molecule has 0 N–H and O–H groups in total. The van der Waals surface area contributed by atoms with E-state index in [1.54, 1.807) is 18.2 Å². The van der Waals surface area contributed by atoms with Crippen LogP contribution in [0.2, 0.25) is 5.02 Å². The number of methoxy groups -OCH3 is 2. The lowest BCUT2D eigenvalue weighted by Gasteiger charge is -2.14. The summed E-state index contributed by atoms with van der Waals surface area (Å²) >= 11 is 5.90. The Morgan fingerprint density at radius 2 is 1.96 bits per heavy atom. The third kappa shape index (κ3) is 3.74. The fourth-order valence-electron chi connectivity index (χ4n) is 2.37. The summed E-state index contributed by atoms with van der Waals surface area (Å²) in [5.74, 6) is -1.23. The number of esters is 1. The predicted octanol–water partition coefficient (Wildman–Crippen LogP) is 4.08. The van der Waals surface area contributed by atoms with Crippen LogP contribution in [0, 0.1) is 5.82 Å². The molecule has 0 aliphatic carbocycles. The zero-order valence-corrected chi connectivity index (χ0v) is 14.7. The summed E-state index contributed by atoms with van der Waals surface area (Å²) in [6.07, 6.45) is 0.354. The van der Waals surface area contributed by atoms with E-state index < -0.39 is 17.9 Å². The van der Waals surface area contributed by atoms with Gasteiger partial charge in [-0.15, -0.1) is 0 Å². The standard InChI is InChI=1S/C18H14ClFN2O4/c1-24-17(18(23)25-2)10-3-6-15(12(20)7-10)26-16-9-21-14-8-11(19)4-5-13(14)22-16/h3-9,17H,1-2H3. The Balaban J connectivity index is 1.86. The highest BCUT2D eigenvalue weighted by atomic mass is 35.5. The van der Waals surface area contributed by atoms with Gasteiger partial charge in [-0.1, -0.05) is 17.7 Å². The van der Waals surface area contributed by atoms with Crippen molar-refractivity contribution in [1.29, 1.82) is 0 Å². The van der Waals surface area contributed by atoms with E-state index in [2.05, 4.69) is 14.7 Å². The third-order valence-corrected chi connectivity index (χ3v) is 3.84. The lowest BCUT2D eigenvalue weighted by atomic mass is 10.1. The van der Waals surface area contributed by atoms with Gasteiger partial charge in [-0.05, 0) is 35.9 Å². The number of benzene rings is 2. The lowest BCUT2D eigenvalue weighted by Crippen LogP contribution is -2.16. The molecule has 1 atom stereocenters. The largest absolute Gasteiger partial charge is 0.467 e. The number of hydrogen-bond acceptors (Lipinski definition) is 6. The summed E-state index contributed by atoms with van der Waals surface area (Å²) in [7, 11) is 2.56. The third-order valence-electron chi connectivity index (χ3n) is 3.61. The van der Waals surface area contributed by atoms with Gasteiger partial charge < -0.3 is 14.2 Å². The zero-order chi connectivity index (χ0) is 18.7. The minimum Gasteiger partial charge on any atom is -0.467 e. The fraction of sp³-hybridized carbons (Fsp3) is 0.167. The molecule has 6 nitrogen and oxygen atoms in total. The van der Waals surface area contributed by atoms with Crippen LogP contribution in [-0.4, -0.2) is 30.2 Å². The first-order valence-electron chi connectivity index (χ1n) is 7.52. The van der Waals surface area contributed by atoms with Crippen LogP contribution < -0.4 is 4.74 Å². The van der Waals surface area contributed by atoms with Crippen LogP contribution in [0.5, 0.6) is 11.6 Å². The number of hydrogen-bond donors (Lipinski definition) is 0. The van der Waals surface area contributed by atoms with E-state index in [1.807, 2.05) is 0 Å². The maximum absolute atomic E-state index is 14.4. The molecule has 134 valence electrons. The van der Waals surface area contributed by atoms with Gasteiger partial charge >= 0.3 is 5.97 Å². The van der Waals surface area contributed by atoms with Crippen molar-refractivity contribution in [3.05, 3.63) is 59.0 Å². The highest BCUT2D eigenvalue weighted by molar-refractivity contribution is 6.31. The van der Waals surface area contributed by atoms with Gasteiger partial charge in [-0.2, -0.15) is 0 Å². The van der Waals surface area contributed by atoms with Gasteiger partial charge in [0.1, 0.15) is 0 Å². The highest BCUT2D eigenvalue weighted by Crippen LogP contribution is 2.28. The van der Waals surface area contributed by atoms with Gasteiger partial charge in [0.2, 0.25) is 5.88 Å². The summed E-state index contributed by atoms with van der Waals surface area (Å²) in [5.41, 5.74) is 1.47. The average molecular weight is 377 g/mol. The molecule has 0 amide bonds. The van der Waals surface area contributed by atoms with Crippen molar-refractivity contribution in [3.63, 3.8) is 0 Å². The predicted molar refractivity (Wildman–Crippen MR) is 92.8 cm³/mol. The van der Waals surface area contributed by atoms with Crippen molar-refractivity contribution in [3.8, 4) is 11.6 Å². The van der Waals surface area contributed by atoms with E-state index in [0.29, 0.717) is 21.6 Å². The molecule has 3 aromatic rings. The Hall–Kier alpha value is -2.77. The van der Waals surface area contributed by atoms with E-state index in [-0.39, 0.29) is 11.6 Å². The zero-order valence-electron chi connectivity index (χ0n) is 13.9. The summed E-state index contributed by atoms with van der Waals surface area (Å²) < 4.78 is 29.5. The number of nitrogens with zero attached hydrogens (tertiary/aromatic N) is 2. The molecule has 0 radical (unpaired) electrons. The molecule has 0 aliphatic rings. The van der Waals surface area contributed by atoms with Crippen LogP contribution in [-0.2, 0) is 14.3 Å². The van der Waals surface area contributed by atoms with E-state index >= 15 is 0 Å². The Kier molecular flexibility index (Phi) is 5.29. The second-order valence-electron chi connectivity index (χ2n) is 5.27. The monoisotopic (exact) mass is 376 g/mol. The Bertz CT molecular complexity index is 967. The molecule has 0 saturated carbocycles. The van der Waals surface area contributed by atoms with Crippen molar-refractivity contribution in [1.82, 2.24) is 9.97 Å². The molecule has 8 heteroatoms. The molecule has 0 fully saturated rings. The first kappa shape index (κ1) is 18.0. The quantitative estimate of drug-likeness (QED) is 0.625. The van der Waals surface area contributed by atoms with Gasteiger partial charge in [0.05, 0.1) is 24.3 Å². The fourth-order valence-corrected chi connectivity index (χ4v) is 2.53. The smallest absolute Gasteiger partial charge is 0.339 e. The number of aromatic nitrogens is 2. The minimum atomic E-state index is -1.02. The van der Waals surface area contributed by atoms with Crippen molar-refractivity contribution < 1.29 is 23.4 Å². The van der Waals surface area contributed by atoms with Gasteiger partial charge in [0, 0.05) is 12.1 Å². The first-order valence-corrected chi connectivity index (χ1v) is 7.90. The van der Waals surface area contributed by atoms with Crippen molar-refractivity contribution in [2.75, 3.05) is 14.2 Å². The molecule has 3 rings (SSSR count). The van der Waals surface area contributed by atoms with Gasteiger partial charge in [0.15, 0.2) is 17.7 Å². The average Bonchev–Trinajstić information content (AvgIpc) is 2.64. The highest BCUT2D eigenvalue weighted by Gasteiger charge is 2.22. The lowest BCUT2D eigenvalue weighted by molar-refractivity contribution is -0.152. The van der Waals surface area contributed by atoms with E-state index in [9.17, 15) is 9.18 Å². The molecule has 0 saturated heterocycles. The molecule has 1 unspecified atom stereocenters. The number of ether oxygens (including phenoxy) is 3. The number of fused-ring (bicyclic) bond motifs is 1. The van der Waals surface area contributed by atoms with Crippen LogP contribution >= 0.6 is 11.6 Å². The van der Waals surface area contributed by atoms with Gasteiger partial charge in [0.25, 0.3) is 0 Å². The summed E-state index contributed by atoms with van der Waals surface area (Å²) in [4.78, 5) is 20.1. The van der Waals surface area contributed by atoms with Crippen LogP contribution in [0.1, 0.15) is 11.7 Å². The first-order chi connectivity index (χ1) is 12.5. The van der Waals surface area contributed by atoms with Crippen LogP contribution in [0.25, 0.3) is 11.0 Å². The molecule has 0 bridgehead atoms. The van der Waals surface area contributed by atoms with Gasteiger partial charge in [-0.3, -0.25) is 0 Å². The second-order valence-corrected chi connectivity index (χ2v) is 5.71. The van der Waals surface area contributed by atoms with E-state index in [1.165, 1.54) is 32.5 Å². The van der Waals surface area contributed by atoms with E-state index in [0.717, 1.165) is 6.07 Å². The minimum absolute atomic E-state index is 0.0592. The van der Waals surface area contributed by atoms with Crippen LogP contribution in [0.3, 0.4) is 0 Å². The molecule has 0 aliphatic heterocycles. The number of halogens is 2. The normalized spacial score (nSPS) is 12.0. The molecule has 26 heavy (non-hydrogen) atoms. The SMILES string of the molecule is COC(=O)C(OC)c1ccc(Oc2cnc3cc(Cl)ccc3n2)c(F)c1. The Morgan fingerprint density at radius 3 is 2.65 bits per heavy atom. The van der Waals surface area contributed by atoms with Crippen molar-refractivity contribution in [2.45, 2.75) is 6.10 Å². The number of carbonyl (C=O) groups excluding carboxylic acids is 1. The van der Waals surface area contributed by atoms with Crippen LogP contribution in [0.15, 0.2) is 42.6 Å². The molecular weight excluding hydrogens is 363 g/mol. The molecule has 1 heterocycles. The Morgan fingerprint density at radius 1 is 1.15 bits per heavy atom. The molecule has 2 aromatic carbocycles. The van der Waals surface area contributed by atoms with Crippen molar-refractivity contribution in [2.24, 2.45) is 0 Å². The topological polar surface area (TPSA) is 70.5 Å². The summed E-state index contributed by atoms with van der Waals surface area (Å²) in [5, 5.41) is 0.542. The second kappa shape index (κ2) is 7.63. The maximum Gasteiger partial charge on any atom is 0.339 e. The summed E-state index contributed by atoms with van der Waals surface area (Å²) in [6, 6.07) is 9.08. The Labute approximate surface area is 153 Å². The van der Waals surface area contributed by atoms with Gasteiger partial charge in [-0.25, -0.2) is 19.2 Å². The summed E-state index contributed by atoms with van der Waals surface area (Å²) in [6.45, 7) is 0. The number of rotatable bonds is 5. The molecule has 1 aromatic heterocycles. The van der Waals surface area contributed by atoms with Crippen LogP contribution in [0.4, 0.5) is 4.39 Å². The number of carbonyl (C=O) groups is 1. The maximum atomic E-state index is 14.4. The van der Waals surface area contributed by atoms with Crippen molar-refractivity contribution >= 4 is 28.6 Å². The molecular formula is C18H14ClFN2O4. The van der Waals surface area contributed by atoms with E-state index in [4.69, 9.17) is 21.1 Å².